The Bertz CT molecular complexity index is 1200. The van der Waals surface area contributed by atoms with E-state index in [9.17, 15) is 9.90 Å². The van der Waals surface area contributed by atoms with Crippen molar-refractivity contribution in [1.82, 2.24) is 9.97 Å². The monoisotopic (exact) mass is 412 g/mol. The highest BCUT2D eigenvalue weighted by atomic mass is 16.5. The number of ether oxygens (including phenoxy) is 1. The summed E-state index contributed by atoms with van der Waals surface area (Å²) in [6, 6.07) is 23.6. The standard InChI is InChI=1S/C26H24N2O3/c29-26(30)19-11-14-23-24(15-19)28-25(27-23)22-8-4-7-21(22)18-9-12-20(13-10-18)31-16-17-5-2-1-3-6-17/h1-3,5-6,9-15,21-22H,4,7-8,16H2,(H,27,28)(H,29,30). The summed E-state index contributed by atoms with van der Waals surface area (Å²) in [7, 11) is 0. The van der Waals surface area contributed by atoms with E-state index in [1.54, 1.807) is 18.2 Å². The highest BCUT2D eigenvalue weighted by Crippen LogP contribution is 2.45. The van der Waals surface area contributed by atoms with Gasteiger partial charge in [-0.05, 0) is 60.2 Å². The Morgan fingerprint density at radius 2 is 1.77 bits per heavy atom. The van der Waals surface area contributed by atoms with E-state index in [0.717, 1.165) is 47.4 Å². The number of H-pyrrole nitrogens is 1. The third-order valence-electron chi connectivity index (χ3n) is 6.17. The SMILES string of the molecule is O=C(O)c1ccc2nc(C3CCCC3c3ccc(OCc4ccccc4)cc3)[nH]c2c1. The zero-order valence-electron chi connectivity index (χ0n) is 17.1. The number of hydrogen-bond acceptors (Lipinski definition) is 3. The molecule has 2 atom stereocenters. The number of carboxylic acid groups (broad SMARTS) is 1. The molecule has 2 unspecified atom stereocenters. The summed E-state index contributed by atoms with van der Waals surface area (Å²) >= 11 is 0. The lowest BCUT2D eigenvalue weighted by atomic mass is 9.88. The van der Waals surface area contributed by atoms with E-state index in [-0.39, 0.29) is 5.56 Å². The number of carboxylic acids is 1. The minimum absolute atomic E-state index is 0.275. The molecule has 1 aliphatic carbocycles. The van der Waals surface area contributed by atoms with Gasteiger partial charge in [0, 0.05) is 5.92 Å². The van der Waals surface area contributed by atoms with Gasteiger partial charge in [-0.2, -0.15) is 0 Å². The number of fused-ring (bicyclic) bond motifs is 1. The molecule has 3 aromatic carbocycles. The van der Waals surface area contributed by atoms with Crippen LogP contribution >= 0.6 is 0 Å². The zero-order valence-corrected chi connectivity index (χ0v) is 17.1. The lowest BCUT2D eigenvalue weighted by molar-refractivity contribution is 0.0697. The molecule has 0 spiro atoms. The van der Waals surface area contributed by atoms with Gasteiger partial charge in [-0.25, -0.2) is 9.78 Å². The Labute approximate surface area is 180 Å². The number of benzene rings is 3. The predicted molar refractivity (Wildman–Crippen MR) is 120 cm³/mol. The van der Waals surface area contributed by atoms with Gasteiger partial charge in [0.05, 0.1) is 16.6 Å². The van der Waals surface area contributed by atoms with Crippen LogP contribution in [-0.4, -0.2) is 21.0 Å². The second-order valence-electron chi connectivity index (χ2n) is 8.15. The Morgan fingerprint density at radius 3 is 2.55 bits per heavy atom. The highest BCUT2D eigenvalue weighted by molar-refractivity contribution is 5.92. The van der Waals surface area contributed by atoms with Crippen LogP contribution < -0.4 is 4.74 Å². The molecule has 5 heteroatoms. The highest BCUT2D eigenvalue weighted by Gasteiger charge is 2.32. The molecule has 0 bridgehead atoms. The lowest BCUT2D eigenvalue weighted by Crippen LogP contribution is -2.06. The van der Waals surface area contributed by atoms with Gasteiger partial charge in [-0.15, -0.1) is 0 Å². The summed E-state index contributed by atoms with van der Waals surface area (Å²) in [5, 5.41) is 9.23. The van der Waals surface area contributed by atoms with Gasteiger partial charge in [0.2, 0.25) is 0 Å². The van der Waals surface area contributed by atoms with E-state index in [1.807, 2.05) is 30.3 Å². The number of rotatable bonds is 6. The van der Waals surface area contributed by atoms with E-state index in [0.29, 0.717) is 18.4 Å². The van der Waals surface area contributed by atoms with Crippen molar-refractivity contribution in [2.45, 2.75) is 37.7 Å². The molecule has 0 radical (unpaired) electrons. The van der Waals surface area contributed by atoms with Crippen LogP contribution in [-0.2, 0) is 6.61 Å². The van der Waals surface area contributed by atoms with Gasteiger partial charge in [-0.1, -0.05) is 48.9 Å². The number of nitrogens with one attached hydrogen (secondary N) is 1. The average Bonchev–Trinajstić information content (AvgIpc) is 3.45. The van der Waals surface area contributed by atoms with Gasteiger partial charge in [0.15, 0.2) is 0 Å². The zero-order chi connectivity index (χ0) is 21.2. The number of aromatic carboxylic acids is 1. The fourth-order valence-corrected chi connectivity index (χ4v) is 4.58. The van der Waals surface area contributed by atoms with Crippen LogP contribution in [0.4, 0.5) is 0 Å². The molecule has 1 fully saturated rings. The van der Waals surface area contributed by atoms with E-state index in [2.05, 4.69) is 29.2 Å². The fraction of sp³-hybridized carbons (Fsp3) is 0.231. The van der Waals surface area contributed by atoms with Crippen LogP contribution in [0.3, 0.4) is 0 Å². The van der Waals surface area contributed by atoms with E-state index in [1.165, 1.54) is 5.56 Å². The summed E-state index contributed by atoms with van der Waals surface area (Å²) in [5.41, 5.74) is 4.32. The smallest absolute Gasteiger partial charge is 0.335 e. The largest absolute Gasteiger partial charge is 0.489 e. The van der Waals surface area contributed by atoms with Crippen LogP contribution in [0.2, 0.25) is 0 Å². The molecule has 4 aromatic rings. The van der Waals surface area contributed by atoms with Crippen LogP contribution in [0.25, 0.3) is 11.0 Å². The molecule has 5 nitrogen and oxygen atoms in total. The van der Waals surface area contributed by atoms with Gasteiger partial charge in [0.1, 0.15) is 18.2 Å². The van der Waals surface area contributed by atoms with E-state index in [4.69, 9.17) is 9.72 Å². The van der Waals surface area contributed by atoms with Crippen molar-refractivity contribution in [2.75, 3.05) is 0 Å². The average molecular weight is 412 g/mol. The van der Waals surface area contributed by atoms with Crippen molar-refractivity contribution < 1.29 is 14.6 Å². The third-order valence-corrected chi connectivity index (χ3v) is 6.17. The first-order valence-corrected chi connectivity index (χ1v) is 10.7. The van der Waals surface area contributed by atoms with Crippen molar-refractivity contribution in [3.63, 3.8) is 0 Å². The van der Waals surface area contributed by atoms with Crippen LogP contribution in [0.1, 0.15) is 58.4 Å². The van der Waals surface area contributed by atoms with Crippen LogP contribution in [0.15, 0.2) is 72.8 Å². The third kappa shape index (κ3) is 4.04. The minimum Gasteiger partial charge on any atom is -0.489 e. The molecular formula is C26H24N2O3. The fourth-order valence-electron chi connectivity index (χ4n) is 4.58. The Morgan fingerprint density at radius 1 is 1.00 bits per heavy atom. The van der Waals surface area contributed by atoms with E-state index >= 15 is 0 Å². The van der Waals surface area contributed by atoms with Crippen molar-refractivity contribution in [1.29, 1.82) is 0 Å². The first-order chi connectivity index (χ1) is 15.2. The molecule has 0 aliphatic heterocycles. The Balaban J connectivity index is 1.33. The maximum absolute atomic E-state index is 11.3. The van der Waals surface area contributed by atoms with Gasteiger partial charge in [-0.3, -0.25) is 0 Å². The molecule has 0 amide bonds. The number of imidazole rings is 1. The molecule has 31 heavy (non-hydrogen) atoms. The summed E-state index contributed by atoms with van der Waals surface area (Å²) in [5.74, 6) is 1.59. The summed E-state index contributed by atoms with van der Waals surface area (Å²) in [6.07, 6.45) is 3.34. The maximum atomic E-state index is 11.3. The molecule has 1 aliphatic rings. The van der Waals surface area contributed by atoms with Crippen molar-refractivity contribution in [2.24, 2.45) is 0 Å². The van der Waals surface area contributed by atoms with Crippen molar-refractivity contribution >= 4 is 17.0 Å². The lowest BCUT2D eigenvalue weighted by Gasteiger charge is -2.18. The van der Waals surface area contributed by atoms with Gasteiger partial charge < -0.3 is 14.8 Å². The quantitative estimate of drug-likeness (QED) is 0.414. The summed E-state index contributed by atoms with van der Waals surface area (Å²) < 4.78 is 5.93. The summed E-state index contributed by atoms with van der Waals surface area (Å²) in [6.45, 7) is 0.559. The second-order valence-corrected chi connectivity index (χ2v) is 8.15. The Hall–Kier alpha value is -3.60. The molecule has 2 N–H and O–H groups in total. The summed E-state index contributed by atoms with van der Waals surface area (Å²) in [4.78, 5) is 19.4. The number of hydrogen-bond donors (Lipinski definition) is 2. The number of nitrogens with zero attached hydrogens (tertiary/aromatic N) is 1. The van der Waals surface area contributed by atoms with Crippen LogP contribution in [0, 0.1) is 0 Å². The first-order valence-electron chi connectivity index (χ1n) is 10.7. The molecule has 1 saturated carbocycles. The van der Waals surface area contributed by atoms with Gasteiger partial charge in [0.25, 0.3) is 0 Å². The topological polar surface area (TPSA) is 75.2 Å². The Kier molecular flexibility index (Phi) is 5.16. The molecular weight excluding hydrogens is 388 g/mol. The predicted octanol–water partition coefficient (Wildman–Crippen LogP) is 5.89. The van der Waals surface area contributed by atoms with Crippen molar-refractivity contribution in [3.8, 4) is 5.75 Å². The molecule has 156 valence electrons. The van der Waals surface area contributed by atoms with Gasteiger partial charge >= 0.3 is 5.97 Å². The molecule has 5 rings (SSSR count). The normalized spacial score (nSPS) is 18.3. The second kappa shape index (κ2) is 8.26. The number of aromatic amines is 1. The molecule has 1 heterocycles. The van der Waals surface area contributed by atoms with E-state index < -0.39 is 5.97 Å². The molecule has 1 aromatic heterocycles. The molecule has 0 saturated heterocycles. The number of carbonyl (C=O) groups is 1. The maximum Gasteiger partial charge on any atom is 0.335 e. The van der Waals surface area contributed by atoms with Crippen molar-refractivity contribution in [3.05, 3.63) is 95.3 Å². The minimum atomic E-state index is -0.925. The van der Waals surface area contributed by atoms with Crippen LogP contribution in [0.5, 0.6) is 5.75 Å². The first kappa shape index (κ1) is 19.4. The number of aromatic nitrogens is 2.